The maximum absolute atomic E-state index is 11.8. The Morgan fingerprint density at radius 2 is 1.82 bits per heavy atom. The molecule has 0 spiro atoms. The number of fused-ring (bicyclic) bond motifs is 1. The zero-order chi connectivity index (χ0) is 26.2. The number of amides is 1. The van der Waals surface area contributed by atoms with Crippen molar-refractivity contribution < 1.29 is 9.63 Å². The Hall–Kier alpha value is -3.20. The number of aromatic nitrogens is 4. The van der Waals surface area contributed by atoms with E-state index in [9.17, 15) is 4.79 Å². The Kier molecular flexibility index (Phi) is 6.95. The molecule has 0 bridgehead atoms. The standard InChI is InChI=1S/C29H39N7O2/c1-17-12-14-20(15-13-17)16-36-23-24(30-19(3)22-10-7-11-22)31-26(27-34-29(37)38-35-27)32-25(23)33-28(36)18(2)21-8-5-4-6-9-21/h4-6,8-9,17-20,22,27,35H,7,10-16H2,1-3H3,(H,34,37)(H,30,31,32)/t17?,18?,19-,20?,27?/m1/s1. The predicted octanol–water partition coefficient (Wildman–Crippen LogP) is 5.65. The van der Waals surface area contributed by atoms with Gasteiger partial charge in [-0.15, -0.1) is 5.48 Å². The lowest BCUT2D eigenvalue weighted by atomic mass is 9.80. The highest BCUT2D eigenvalue weighted by molar-refractivity contribution is 5.84. The van der Waals surface area contributed by atoms with Gasteiger partial charge in [0.15, 0.2) is 23.5 Å². The molecule has 3 fully saturated rings. The first-order chi connectivity index (χ1) is 18.5. The van der Waals surface area contributed by atoms with Crippen molar-refractivity contribution in [3.63, 3.8) is 0 Å². The number of nitrogens with zero attached hydrogens (tertiary/aromatic N) is 4. The number of carbonyl (C=O) groups excluding carboxylic acids is 1. The lowest BCUT2D eigenvalue weighted by Crippen LogP contribution is -2.32. The van der Waals surface area contributed by atoms with Gasteiger partial charge >= 0.3 is 6.09 Å². The van der Waals surface area contributed by atoms with Crippen LogP contribution in [0.5, 0.6) is 0 Å². The molecule has 1 aliphatic heterocycles. The van der Waals surface area contributed by atoms with Gasteiger partial charge in [-0.05, 0) is 55.9 Å². The molecule has 3 aromatic rings. The van der Waals surface area contributed by atoms with Crippen molar-refractivity contribution in [2.45, 2.75) is 90.4 Å². The molecular formula is C29H39N7O2. The van der Waals surface area contributed by atoms with Gasteiger partial charge in [-0.3, -0.25) is 5.32 Å². The average Bonchev–Trinajstić information content (AvgIpc) is 3.48. The van der Waals surface area contributed by atoms with Crippen LogP contribution >= 0.6 is 0 Å². The van der Waals surface area contributed by atoms with E-state index < -0.39 is 12.3 Å². The zero-order valence-electron chi connectivity index (χ0n) is 22.6. The van der Waals surface area contributed by atoms with Crippen molar-refractivity contribution >= 4 is 23.1 Å². The second kappa shape index (κ2) is 10.5. The molecule has 1 aromatic carbocycles. The van der Waals surface area contributed by atoms with Gasteiger partial charge in [0.25, 0.3) is 0 Å². The summed E-state index contributed by atoms with van der Waals surface area (Å²) in [6, 6.07) is 10.8. The first kappa shape index (κ1) is 25.1. The van der Waals surface area contributed by atoms with E-state index in [4.69, 9.17) is 19.8 Å². The second-order valence-corrected chi connectivity index (χ2v) is 11.7. The molecule has 202 valence electrons. The van der Waals surface area contributed by atoms with E-state index in [1.54, 1.807) is 0 Å². The minimum atomic E-state index is -0.619. The van der Waals surface area contributed by atoms with Crippen LogP contribution in [-0.4, -0.2) is 31.7 Å². The highest BCUT2D eigenvalue weighted by Gasteiger charge is 2.32. The van der Waals surface area contributed by atoms with Gasteiger partial charge < -0.3 is 14.7 Å². The molecule has 38 heavy (non-hydrogen) atoms. The van der Waals surface area contributed by atoms with Crippen LogP contribution in [-0.2, 0) is 11.4 Å². The summed E-state index contributed by atoms with van der Waals surface area (Å²) in [4.78, 5) is 31.7. The summed E-state index contributed by atoms with van der Waals surface area (Å²) < 4.78 is 2.39. The SMILES string of the molecule is CC1CCC(Cn2c(C(C)c3ccccc3)nc3nc(C4NOC(=O)N4)nc(N[C@H](C)C4CCC4)c32)CC1. The summed E-state index contributed by atoms with van der Waals surface area (Å²) >= 11 is 0. The van der Waals surface area contributed by atoms with Crippen LogP contribution in [0.4, 0.5) is 10.6 Å². The number of rotatable bonds is 8. The molecular weight excluding hydrogens is 478 g/mol. The number of hydroxylamine groups is 1. The molecule has 2 saturated carbocycles. The van der Waals surface area contributed by atoms with Crippen LogP contribution in [0.25, 0.3) is 11.2 Å². The fraction of sp³-hybridized carbons (Fsp3) is 0.586. The van der Waals surface area contributed by atoms with E-state index in [1.807, 2.05) is 0 Å². The van der Waals surface area contributed by atoms with E-state index in [0.29, 0.717) is 23.3 Å². The van der Waals surface area contributed by atoms with Crippen LogP contribution < -0.4 is 16.1 Å². The highest BCUT2D eigenvalue weighted by Crippen LogP contribution is 2.36. The normalized spacial score (nSPS) is 25.4. The molecule has 3 heterocycles. The number of anilines is 1. The Labute approximate surface area is 224 Å². The smallest absolute Gasteiger partial charge is 0.365 e. The van der Waals surface area contributed by atoms with E-state index in [2.05, 4.69) is 71.8 Å². The third-order valence-electron chi connectivity index (χ3n) is 8.92. The molecule has 2 aromatic heterocycles. The summed E-state index contributed by atoms with van der Waals surface area (Å²) in [5.41, 5.74) is 5.55. The Morgan fingerprint density at radius 1 is 1.05 bits per heavy atom. The molecule has 3 atom stereocenters. The molecule has 2 aliphatic carbocycles. The van der Waals surface area contributed by atoms with E-state index in [-0.39, 0.29) is 12.0 Å². The van der Waals surface area contributed by atoms with Crippen LogP contribution in [0.15, 0.2) is 30.3 Å². The molecule has 9 heteroatoms. The fourth-order valence-corrected chi connectivity index (χ4v) is 6.16. The quantitative estimate of drug-likeness (QED) is 0.355. The molecule has 2 unspecified atom stereocenters. The zero-order valence-corrected chi connectivity index (χ0v) is 22.6. The van der Waals surface area contributed by atoms with Crippen LogP contribution in [0.1, 0.15) is 95.0 Å². The number of carbonyl (C=O) groups is 1. The van der Waals surface area contributed by atoms with Crippen molar-refractivity contribution in [3.8, 4) is 0 Å². The lowest BCUT2D eigenvalue weighted by molar-refractivity contribution is 0.120. The Morgan fingerprint density at radius 3 is 2.47 bits per heavy atom. The van der Waals surface area contributed by atoms with Gasteiger partial charge in [0.1, 0.15) is 11.3 Å². The number of hydrogen-bond donors (Lipinski definition) is 3. The molecule has 3 aliphatic rings. The van der Waals surface area contributed by atoms with Gasteiger partial charge in [0, 0.05) is 18.5 Å². The second-order valence-electron chi connectivity index (χ2n) is 11.7. The third kappa shape index (κ3) is 4.96. The van der Waals surface area contributed by atoms with Gasteiger partial charge in [0.05, 0.1) is 0 Å². The highest BCUT2D eigenvalue weighted by atomic mass is 16.7. The first-order valence-electron chi connectivity index (χ1n) is 14.3. The van der Waals surface area contributed by atoms with Gasteiger partial charge in [0.2, 0.25) is 0 Å². The minimum absolute atomic E-state index is 0.0981. The number of hydrogen-bond acceptors (Lipinski definition) is 7. The predicted molar refractivity (Wildman–Crippen MR) is 146 cm³/mol. The van der Waals surface area contributed by atoms with Crippen molar-refractivity contribution in [1.82, 2.24) is 30.3 Å². The monoisotopic (exact) mass is 517 g/mol. The van der Waals surface area contributed by atoms with Crippen molar-refractivity contribution in [2.75, 3.05) is 5.32 Å². The Bertz CT molecular complexity index is 1280. The number of imidazole rings is 1. The number of nitrogens with one attached hydrogen (secondary N) is 3. The molecule has 0 radical (unpaired) electrons. The van der Waals surface area contributed by atoms with Crippen LogP contribution in [0, 0.1) is 17.8 Å². The van der Waals surface area contributed by atoms with Crippen LogP contribution in [0.2, 0.25) is 0 Å². The van der Waals surface area contributed by atoms with Gasteiger partial charge in [-0.2, -0.15) is 0 Å². The first-order valence-corrected chi connectivity index (χ1v) is 14.3. The van der Waals surface area contributed by atoms with Crippen LogP contribution in [0.3, 0.4) is 0 Å². The molecule has 1 amide bonds. The molecule has 9 nitrogen and oxygen atoms in total. The summed E-state index contributed by atoms with van der Waals surface area (Å²) in [5.74, 6) is 4.38. The lowest BCUT2D eigenvalue weighted by Gasteiger charge is -2.32. The third-order valence-corrected chi connectivity index (χ3v) is 8.92. The fourth-order valence-electron chi connectivity index (χ4n) is 6.16. The molecule has 6 rings (SSSR count). The van der Waals surface area contributed by atoms with Gasteiger partial charge in [-0.1, -0.05) is 63.4 Å². The maximum atomic E-state index is 11.8. The summed E-state index contributed by atoms with van der Waals surface area (Å²) in [7, 11) is 0. The van der Waals surface area contributed by atoms with Gasteiger partial charge in [-0.25, -0.2) is 19.7 Å². The largest absolute Gasteiger partial charge is 0.427 e. The van der Waals surface area contributed by atoms with E-state index >= 15 is 0 Å². The van der Waals surface area contributed by atoms with Crippen molar-refractivity contribution in [2.24, 2.45) is 17.8 Å². The maximum Gasteiger partial charge on any atom is 0.427 e. The average molecular weight is 518 g/mol. The Balaban J connectivity index is 1.46. The van der Waals surface area contributed by atoms with E-state index in [0.717, 1.165) is 29.6 Å². The minimum Gasteiger partial charge on any atom is -0.365 e. The summed E-state index contributed by atoms with van der Waals surface area (Å²) in [5, 5.41) is 6.49. The number of benzene rings is 1. The molecule has 1 saturated heterocycles. The summed E-state index contributed by atoms with van der Waals surface area (Å²) in [6.07, 6.45) is 7.62. The summed E-state index contributed by atoms with van der Waals surface area (Å²) in [6.45, 7) is 7.74. The topological polar surface area (TPSA) is 106 Å². The van der Waals surface area contributed by atoms with Crippen molar-refractivity contribution in [3.05, 3.63) is 47.5 Å². The van der Waals surface area contributed by atoms with E-state index in [1.165, 1.54) is 50.5 Å². The van der Waals surface area contributed by atoms with Crippen molar-refractivity contribution in [1.29, 1.82) is 0 Å². The molecule has 3 N–H and O–H groups in total.